The summed E-state index contributed by atoms with van der Waals surface area (Å²) in [5.74, 6) is -1.55. The minimum absolute atomic E-state index is 0. The third-order valence-corrected chi connectivity index (χ3v) is 1.75. The average molecular weight is 236 g/mol. The first-order chi connectivity index (χ1) is 6.83. The molecule has 0 bridgehead atoms. The van der Waals surface area contributed by atoms with E-state index < -0.39 is 11.9 Å². The van der Waals surface area contributed by atoms with Crippen molar-refractivity contribution >= 4 is 18.3 Å². The quantitative estimate of drug-likeness (QED) is 0.432. The Morgan fingerprint density at radius 1 is 1.47 bits per heavy atom. The van der Waals surface area contributed by atoms with Crippen molar-refractivity contribution in [1.82, 2.24) is 0 Å². The van der Waals surface area contributed by atoms with Crippen LogP contribution in [0.25, 0.3) is 0 Å². The summed E-state index contributed by atoms with van der Waals surface area (Å²) in [4.78, 5) is 10.8. The van der Waals surface area contributed by atoms with Gasteiger partial charge in [0, 0.05) is 0 Å². The molecule has 0 heterocycles. The second kappa shape index (κ2) is 5.43. The molecule has 0 aliphatic heterocycles. The van der Waals surface area contributed by atoms with Crippen molar-refractivity contribution < 1.29 is 16.4 Å². The summed E-state index contributed by atoms with van der Waals surface area (Å²) in [5.41, 5.74) is 10.7. The Morgan fingerprint density at radius 3 is 2.53 bits per heavy atom. The van der Waals surface area contributed by atoms with Crippen LogP contribution < -0.4 is 11.5 Å². The number of carbonyl (C=O) groups excluding carboxylic acids is 1. The number of halogens is 1. The van der Waals surface area contributed by atoms with E-state index in [1.54, 1.807) is 0 Å². The molecule has 1 atom stereocenters. The van der Waals surface area contributed by atoms with Crippen LogP contribution in [-0.2, 0) is 11.2 Å². The van der Waals surface area contributed by atoms with E-state index in [-0.39, 0.29) is 30.3 Å². The Hall–Kier alpha value is -1.46. The van der Waals surface area contributed by atoms with Crippen LogP contribution in [0.4, 0.5) is 0 Å². The highest BCUT2D eigenvalue weighted by Crippen LogP contribution is 2.25. The Balaban J connectivity index is 0.00000225. The number of nitrogens with two attached hydrogens (primary N) is 2. The summed E-state index contributed by atoms with van der Waals surface area (Å²) in [6.07, 6.45) is -0.129. The topological polar surface area (TPSA) is 110 Å². The van der Waals surface area contributed by atoms with Crippen molar-refractivity contribution in [1.29, 1.82) is 0 Å². The van der Waals surface area contributed by atoms with Crippen molar-refractivity contribution in [2.45, 2.75) is 12.4 Å². The highest BCUT2D eigenvalue weighted by molar-refractivity contribution is 5.85. The molecule has 0 fully saturated rings. The predicted octanol–water partition coefficient (Wildman–Crippen LogP) is -0.125. The lowest BCUT2D eigenvalue weighted by molar-refractivity contribution is -0.119. The van der Waals surface area contributed by atoms with E-state index in [0.29, 0.717) is 5.56 Å². The van der Waals surface area contributed by atoms with Crippen LogP contribution in [0.2, 0.25) is 0 Å². The van der Waals surface area contributed by atoms with Crippen LogP contribution in [0.3, 0.4) is 0 Å². The van der Waals surface area contributed by atoms with Crippen LogP contribution in [0.1, 0.15) is 6.93 Å². The van der Waals surface area contributed by atoms with Gasteiger partial charge < -0.3 is 21.7 Å². The molecule has 84 valence electrons. The van der Waals surface area contributed by atoms with E-state index >= 15 is 0 Å². The zero-order valence-corrected chi connectivity index (χ0v) is 8.62. The molecule has 1 rings (SSSR count). The molecule has 0 aliphatic carbocycles. The molecule has 0 saturated carbocycles. The van der Waals surface area contributed by atoms with E-state index in [1.807, 2.05) is 0 Å². The molecule has 0 aliphatic rings. The number of phenolic OH excluding ortho intramolecular Hbond substituents is 2. The van der Waals surface area contributed by atoms with Gasteiger partial charge in [0.1, 0.15) is 0 Å². The highest BCUT2D eigenvalue weighted by Gasteiger charge is 2.10. The maximum Gasteiger partial charge on any atom is 0.234 e. The molecule has 0 aromatic heterocycles. The number of phenols is 2. The van der Waals surface area contributed by atoms with Crippen LogP contribution in [0.15, 0.2) is 18.2 Å². The first-order valence-electron chi connectivity index (χ1n) is 4.42. The SMILES string of the molecule is Cl.[2H][13C](N)(Cc1ccc(O)c(O)c1)[13C](N)=O. The molecule has 5 nitrogen and oxygen atoms in total. The molecule has 0 saturated heterocycles. The van der Waals surface area contributed by atoms with Gasteiger partial charge in [0.05, 0.1) is 7.39 Å². The number of primary amides is 1. The maximum atomic E-state index is 10.8. The summed E-state index contributed by atoms with van der Waals surface area (Å²) in [5, 5.41) is 18.2. The molecule has 15 heavy (non-hydrogen) atoms. The minimum atomic E-state index is -1.91. The third-order valence-electron chi connectivity index (χ3n) is 1.75. The van der Waals surface area contributed by atoms with Gasteiger partial charge in [0.2, 0.25) is 5.91 Å². The van der Waals surface area contributed by atoms with E-state index in [4.69, 9.17) is 23.1 Å². The Morgan fingerprint density at radius 2 is 2.07 bits per heavy atom. The van der Waals surface area contributed by atoms with Crippen LogP contribution in [0.5, 0.6) is 11.5 Å². The summed E-state index contributed by atoms with van der Waals surface area (Å²) in [7, 11) is 0. The van der Waals surface area contributed by atoms with Gasteiger partial charge in [-0.25, -0.2) is 0 Å². The van der Waals surface area contributed by atoms with Gasteiger partial charge in [-0.1, -0.05) is 6.07 Å². The molecule has 1 aromatic rings. The van der Waals surface area contributed by atoms with Crippen LogP contribution in [-0.4, -0.2) is 22.1 Å². The number of hydrogen-bond acceptors (Lipinski definition) is 4. The van der Waals surface area contributed by atoms with Crippen molar-refractivity contribution in [2.24, 2.45) is 11.5 Å². The maximum absolute atomic E-state index is 10.8. The number of hydrogen-bond donors (Lipinski definition) is 4. The number of amides is 1. The number of rotatable bonds is 3. The molecule has 0 radical (unpaired) electrons. The van der Waals surface area contributed by atoms with Gasteiger partial charge >= 0.3 is 0 Å². The second-order valence-electron chi connectivity index (χ2n) is 2.89. The molecular weight excluding hydrogens is 222 g/mol. The first-order valence-corrected chi connectivity index (χ1v) is 3.92. The van der Waals surface area contributed by atoms with E-state index in [2.05, 4.69) is 0 Å². The van der Waals surface area contributed by atoms with Gasteiger partial charge in [0.15, 0.2) is 11.5 Å². The van der Waals surface area contributed by atoms with Crippen LogP contribution >= 0.6 is 12.4 Å². The average Bonchev–Trinajstić information content (AvgIpc) is 2.10. The Kier molecular flexibility index (Phi) is 4.20. The van der Waals surface area contributed by atoms with E-state index in [0.717, 1.165) is 0 Å². The summed E-state index contributed by atoms with van der Waals surface area (Å²) >= 11 is 0. The first kappa shape index (κ1) is 11.6. The summed E-state index contributed by atoms with van der Waals surface area (Å²) in [6.45, 7) is 0. The molecule has 6 N–H and O–H groups in total. The Labute approximate surface area is 94.5 Å². The molecule has 1 aromatic carbocycles. The van der Waals surface area contributed by atoms with Gasteiger partial charge in [-0.05, 0) is 24.1 Å². The van der Waals surface area contributed by atoms with Crippen molar-refractivity contribution in [2.75, 3.05) is 0 Å². The van der Waals surface area contributed by atoms with Crippen molar-refractivity contribution in [3.63, 3.8) is 0 Å². The number of benzene rings is 1. The number of aromatic hydroxyl groups is 2. The van der Waals surface area contributed by atoms with Gasteiger partial charge in [-0.2, -0.15) is 0 Å². The van der Waals surface area contributed by atoms with Crippen molar-refractivity contribution in [3.05, 3.63) is 23.8 Å². The summed E-state index contributed by atoms with van der Waals surface area (Å²) in [6, 6.07) is 2.02. The van der Waals surface area contributed by atoms with E-state index in [9.17, 15) is 4.79 Å². The zero-order valence-electron chi connectivity index (χ0n) is 8.80. The lowest BCUT2D eigenvalue weighted by atomic mass is 10.2. The van der Waals surface area contributed by atoms with Crippen molar-refractivity contribution in [3.8, 4) is 11.5 Å². The smallest absolute Gasteiger partial charge is 0.234 e. The molecule has 1 unspecified atom stereocenters. The van der Waals surface area contributed by atoms with Gasteiger partial charge in [-0.3, -0.25) is 4.79 Å². The van der Waals surface area contributed by atoms with Gasteiger partial charge in [-0.15, -0.1) is 12.4 Å². The van der Waals surface area contributed by atoms with Gasteiger partial charge in [0.25, 0.3) is 0 Å². The lowest BCUT2D eigenvalue weighted by Gasteiger charge is -2.07. The van der Waals surface area contributed by atoms with E-state index in [1.165, 1.54) is 18.2 Å². The fraction of sp³-hybridized carbons (Fsp3) is 0.222. The monoisotopic (exact) mass is 235 g/mol. The standard InChI is InChI=1S/C9H12N2O3.ClH/c10-6(9(11)14)3-5-1-2-7(12)8(13)4-5;/h1-2,4,6,12-13H,3,10H2,(H2,11,14);1H/i6+1D,9+1;. The molecule has 0 spiro atoms. The molecule has 6 heteroatoms. The highest BCUT2D eigenvalue weighted by atomic mass is 35.5. The molecular formula is C9H13ClN2O3. The second-order valence-corrected chi connectivity index (χ2v) is 2.89. The lowest BCUT2D eigenvalue weighted by Crippen LogP contribution is -2.38. The van der Waals surface area contributed by atoms with Crippen LogP contribution in [0, 0.1) is 0 Å². The normalized spacial score (nSPS) is 14.6. The minimum Gasteiger partial charge on any atom is -0.504 e. The third kappa shape index (κ3) is 3.65. The number of carbonyl (C=O) groups is 1. The largest absolute Gasteiger partial charge is 0.504 e. The predicted molar refractivity (Wildman–Crippen MR) is 57.9 cm³/mol. The fourth-order valence-corrected chi connectivity index (χ4v) is 0.986. The molecule has 1 amide bonds. The fourth-order valence-electron chi connectivity index (χ4n) is 0.986. The summed E-state index contributed by atoms with van der Waals surface area (Å²) < 4.78 is 7.40. The Bertz CT molecular complexity index is 398. The zero-order chi connectivity index (χ0) is 11.6.